The van der Waals surface area contributed by atoms with E-state index in [1.165, 1.54) is 5.57 Å². The van der Waals surface area contributed by atoms with E-state index in [4.69, 9.17) is 4.74 Å². The van der Waals surface area contributed by atoms with Crippen molar-refractivity contribution < 1.29 is 14.9 Å². The molecule has 0 aromatic heterocycles. The molecule has 1 atom stereocenters. The van der Waals surface area contributed by atoms with Crippen LogP contribution in [0.3, 0.4) is 0 Å². The molecule has 4 nitrogen and oxygen atoms in total. The Morgan fingerprint density at radius 3 is 2.74 bits per heavy atom. The lowest BCUT2D eigenvalue weighted by molar-refractivity contribution is 0.195. The van der Waals surface area contributed by atoms with Gasteiger partial charge in [-0.3, -0.25) is 0 Å². The van der Waals surface area contributed by atoms with E-state index in [1.54, 1.807) is 26.2 Å². The molecular weight excluding hydrogens is 242 g/mol. The summed E-state index contributed by atoms with van der Waals surface area (Å²) in [5.41, 5.74) is 2.87. The van der Waals surface area contributed by atoms with E-state index in [-0.39, 0.29) is 5.75 Å². The molecule has 0 aliphatic carbocycles. The van der Waals surface area contributed by atoms with Crippen LogP contribution >= 0.6 is 0 Å². The van der Waals surface area contributed by atoms with Crippen molar-refractivity contribution in [2.24, 2.45) is 0 Å². The van der Waals surface area contributed by atoms with Gasteiger partial charge in [0.25, 0.3) is 0 Å². The SMILES string of the molecule is COCC1=CCN(c2ccc(C(C)O)c(O)c2)CC1. The third-order valence-electron chi connectivity index (χ3n) is 3.46. The second-order valence-corrected chi connectivity index (χ2v) is 4.91. The van der Waals surface area contributed by atoms with Crippen LogP contribution in [0.5, 0.6) is 5.75 Å². The largest absolute Gasteiger partial charge is 0.507 e. The van der Waals surface area contributed by atoms with Crippen LogP contribution in [0.2, 0.25) is 0 Å². The number of ether oxygens (including phenoxy) is 1. The Morgan fingerprint density at radius 1 is 1.42 bits per heavy atom. The Hall–Kier alpha value is -1.52. The number of anilines is 1. The first-order valence-corrected chi connectivity index (χ1v) is 6.54. The number of phenols is 1. The van der Waals surface area contributed by atoms with Gasteiger partial charge in [-0.05, 0) is 25.0 Å². The summed E-state index contributed by atoms with van der Waals surface area (Å²) < 4.78 is 5.13. The molecular formula is C15H21NO3. The van der Waals surface area contributed by atoms with E-state index in [9.17, 15) is 10.2 Å². The van der Waals surface area contributed by atoms with Crippen molar-refractivity contribution in [1.82, 2.24) is 0 Å². The summed E-state index contributed by atoms with van der Waals surface area (Å²) >= 11 is 0. The van der Waals surface area contributed by atoms with Gasteiger partial charge in [0.2, 0.25) is 0 Å². The van der Waals surface area contributed by atoms with Crippen LogP contribution < -0.4 is 4.90 Å². The minimum absolute atomic E-state index is 0.152. The zero-order valence-corrected chi connectivity index (χ0v) is 11.5. The molecule has 1 aromatic carbocycles. The molecule has 1 aliphatic rings. The molecule has 0 spiro atoms. The molecule has 19 heavy (non-hydrogen) atoms. The van der Waals surface area contributed by atoms with Gasteiger partial charge in [-0.2, -0.15) is 0 Å². The van der Waals surface area contributed by atoms with Crippen LogP contribution in [0.15, 0.2) is 29.8 Å². The molecule has 104 valence electrons. The lowest BCUT2D eigenvalue weighted by atomic mass is 10.1. The molecule has 4 heteroatoms. The molecule has 1 aliphatic heterocycles. The number of methoxy groups -OCH3 is 1. The molecule has 2 N–H and O–H groups in total. The van der Waals surface area contributed by atoms with E-state index >= 15 is 0 Å². The predicted molar refractivity (Wildman–Crippen MR) is 75.5 cm³/mol. The highest BCUT2D eigenvalue weighted by atomic mass is 16.5. The molecule has 1 aromatic rings. The summed E-state index contributed by atoms with van der Waals surface area (Å²) in [6, 6.07) is 5.44. The third-order valence-corrected chi connectivity index (χ3v) is 3.46. The van der Waals surface area contributed by atoms with E-state index in [2.05, 4.69) is 11.0 Å². The maximum Gasteiger partial charge on any atom is 0.123 e. The number of hydrogen-bond acceptors (Lipinski definition) is 4. The van der Waals surface area contributed by atoms with Crippen molar-refractivity contribution in [3.05, 3.63) is 35.4 Å². The molecule has 0 saturated carbocycles. The van der Waals surface area contributed by atoms with Crippen LogP contribution in [-0.2, 0) is 4.74 Å². The van der Waals surface area contributed by atoms with Gasteiger partial charge in [-0.1, -0.05) is 12.1 Å². The third kappa shape index (κ3) is 3.28. The standard InChI is InChI=1S/C15H21NO3/c1-11(17)14-4-3-13(9-15(14)18)16-7-5-12(6-8-16)10-19-2/h3-5,9,11,17-18H,6-8,10H2,1-2H3. The zero-order valence-electron chi connectivity index (χ0n) is 11.5. The number of aliphatic hydroxyl groups is 1. The van der Waals surface area contributed by atoms with Gasteiger partial charge in [0.05, 0.1) is 12.7 Å². The van der Waals surface area contributed by atoms with Crippen LogP contribution in [0.4, 0.5) is 5.69 Å². The van der Waals surface area contributed by atoms with Gasteiger partial charge >= 0.3 is 0 Å². The lowest BCUT2D eigenvalue weighted by Gasteiger charge is -2.28. The first kappa shape index (κ1) is 13.9. The first-order valence-electron chi connectivity index (χ1n) is 6.54. The molecule has 0 bridgehead atoms. The number of hydrogen-bond donors (Lipinski definition) is 2. The first-order chi connectivity index (χ1) is 9.11. The maximum atomic E-state index is 9.91. The smallest absolute Gasteiger partial charge is 0.123 e. The Labute approximate surface area is 113 Å². The number of phenolic OH excluding ortho intramolecular Hbond substituents is 1. The second-order valence-electron chi connectivity index (χ2n) is 4.91. The fourth-order valence-corrected chi connectivity index (χ4v) is 2.34. The summed E-state index contributed by atoms with van der Waals surface area (Å²) in [5.74, 6) is 0.152. The zero-order chi connectivity index (χ0) is 13.8. The monoisotopic (exact) mass is 263 g/mol. The summed E-state index contributed by atoms with van der Waals surface area (Å²) in [6.07, 6.45) is 2.50. The number of aliphatic hydroxyl groups excluding tert-OH is 1. The minimum Gasteiger partial charge on any atom is -0.507 e. The number of rotatable bonds is 4. The molecule has 0 saturated heterocycles. The van der Waals surface area contributed by atoms with Crippen LogP contribution in [-0.4, -0.2) is 37.0 Å². The van der Waals surface area contributed by atoms with Crippen LogP contribution in [0.25, 0.3) is 0 Å². The van der Waals surface area contributed by atoms with Gasteiger partial charge in [-0.15, -0.1) is 0 Å². The lowest BCUT2D eigenvalue weighted by Crippen LogP contribution is -2.29. The fraction of sp³-hybridized carbons (Fsp3) is 0.467. The summed E-state index contributed by atoms with van der Waals surface area (Å²) in [4.78, 5) is 2.20. The highest BCUT2D eigenvalue weighted by molar-refractivity contribution is 5.55. The van der Waals surface area contributed by atoms with Gasteiger partial charge in [-0.25, -0.2) is 0 Å². The summed E-state index contributed by atoms with van der Waals surface area (Å²) in [7, 11) is 1.71. The van der Waals surface area contributed by atoms with Crippen LogP contribution in [0.1, 0.15) is 25.0 Å². The fourth-order valence-electron chi connectivity index (χ4n) is 2.34. The highest BCUT2D eigenvalue weighted by Crippen LogP contribution is 2.30. The van der Waals surface area contributed by atoms with E-state index in [0.29, 0.717) is 12.2 Å². The molecule has 0 fully saturated rings. The maximum absolute atomic E-state index is 9.91. The Kier molecular flexibility index (Phi) is 4.45. The van der Waals surface area contributed by atoms with Crippen molar-refractivity contribution in [2.45, 2.75) is 19.4 Å². The predicted octanol–water partition coefficient (Wildman–Crippen LogP) is 2.23. The topological polar surface area (TPSA) is 52.9 Å². The van der Waals surface area contributed by atoms with Crippen molar-refractivity contribution in [1.29, 1.82) is 0 Å². The van der Waals surface area contributed by atoms with Gasteiger partial charge in [0.15, 0.2) is 0 Å². The average molecular weight is 263 g/mol. The van der Waals surface area contributed by atoms with Crippen molar-refractivity contribution >= 4 is 5.69 Å². The highest BCUT2D eigenvalue weighted by Gasteiger charge is 2.14. The van der Waals surface area contributed by atoms with E-state index in [0.717, 1.165) is 25.2 Å². The van der Waals surface area contributed by atoms with E-state index in [1.807, 2.05) is 6.07 Å². The minimum atomic E-state index is -0.649. The van der Waals surface area contributed by atoms with Gasteiger partial charge in [0, 0.05) is 37.5 Å². The number of nitrogens with zero attached hydrogens (tertiary/aromatic N) is 1. The Balaban J connectivity index is 2.10. The van der Waals surface area contributed by atoms with Gasteiger partial charge in [0.1, 0.15) is 5.75 Å². The molecule has 2 rings (SSSR count). The number of benzene rings is 1. The second kappa shape index (κ2) is 6.08. The van der Waals surface area contributed by atoms with Crippen LogP contribution in [0, 0.1) is 0 Å². The average Bonchev–Trinajstić information content (AvgIpc) is 2.39. The van der Waals surface area contributed by atoms with Crippen molar-refractivity contribution in [3.63, 3.8) is 0 Å². The van der Waals surface area contributed by atoms with Crippen molar-refractivity contribution in [3.8, 4) is 5.75 Å². The Bertz CT molecular complexity index is 468. The molecule has 0 amide bonds. The quantitative estimate of drug-likeness (QED) is 0.818. The van der Waals surface area contributed by atoms with Crippen molar-refractivity contribution in [2.75, 3.05) is 31.7 Å². The van der Waals surface area contributed by atoms with E-state index < -0.39 is 6.10 Å². The Morgan fingerprint density at radius 2 is 2.21 bits per heavy atom. The molecule has 1 heterocycles. The molecule has 1 unspecified atom stereocenters. The number of aromatic hydroxyl groups is 1. The molecule has 0 radical (unpaired) electrons. The van der Waals surface area contributed by atoms with Gasteiger partial charge < -0.3 is 19.8 Å². The summed E-state index contributed by atoms with van der Waals surface area (Å²) in [5, 5.41) is 19.4. The normalized spacial score (nSPS) is 17.2. The summed E-state index contributed by atoms with van der Waals surface area (Å²) in [6.45, 7) is 4.09.